The van der Waals surface area contributed by atoms with Crippen LogP contribution in [0.2, 0.25) is 5.02 Å². The van der Waals surface area contributed by atoms with Crippen LogP contribution in [0.1, 0.15) is 25.7 Å². The molecule has 1 aromatic carbocycles. The molecule has 94 valence electrons. The number of methoxy groups -OCH3 is 1. The first-order valence-corrected chi connectivity index (χ1v) is 6.33. The minimum atomic E-state index is -0.313. The lowest BCUT2D eigenvalue weighted by molar-refractivity contribution is 0.0606. The molecule has 0 amide bonds. The SMILES string of the molecule is COC1CCCCC1Nc1ccc(F)cc1Cl. The molecule has 17 heavy (non-hydrogen) atoms. The predicted molar refractivity (Wildman–Crippen MR) is 68.1 cm³/mol. The highest BCUT2D eigenvalue weighted by atomic mass is 35.5. The Hall–Kier alpha value is -0.800. The van der Waals surface area contributed by atoms with Crippen LogP contribution in [0.25, 0.3) is 0 Å². The first-order chi connectivity index (χ1) is 8.20. The fourth-order valence-corrected chi connectivity index (χ4v) is 2.57. The standard InChI is InChI=1S/C13H17ClFNO/c1-17-13-5-3-2-4-12(13)16-11-7-6-9(15)8-10(11)14/h6-8,12-13,16H,2-5H2,1H3. The number of ether oxygens (including phenoxy) is 1. The highest BCUT2D eigenvalue weighted by Crippen LogP contribution is 2.28. The van der Waals surface area contributed by atoms with Crippen LogP contribution in [0.4, 0.5) is 10.1 Å². The fourth-order valence-electron chi connectivity index (χ4n) is 2.35. The second kappa shape index (κ2) is 5.69. The van der Waals surface area contributed by atoms with Gasteiger partial charge in [0.05, 0.1) is 22.9 Å². The molecule has 1 fully saturated rings. The van der Waals surface area contributed by atoms with E-state index >= 15 is 0 Å². The quantitative estimate of drug-likeness (QED) is 0.888. The van der Waals surface area contributed by atoms with Crippen molar-refractivity contribution in [2.24, 2.45) is 0 Å². The van der Waals surface area contributed by atoms with E-state index in [4.69, 9.17) is 16.3 Å². The molecule has 1 N–H and O–H groups in total. The van der Waals surface area contributed by atoms with Crippen LogP contribution in [0.3, 0.4) is 0 Å². The van der Waals surface area contributed by atoms with Gasteiger partial charge in [-0.2, -0.15) is 0 Å². The van der Waals surface area contributed by atoms with Crippen molar-refractivity contribution < 1.29 is 9.13 Å². The van der Waals surface area contributed by atoms with Gasteiger partial charge < -0.3 is 10.1 Å². The van der Waals surface area contributed by atoms with Gasteiger partial charge >= 0.3 is 0 Å². The lowest BCUT2D eigenvalue weighted by atomic mass is 9.92. The Kier molecular flexibility index (Phi) is 4.24. The minimum Gasteiger partial charge on any atom is -0.379 e. The van der Waals surface area contributed by atoms with Gasteiger partial charge in [-0.15, -0.1) is 0 Å². The van der Waals surface area contributed by atoms with Crippen molar-refractivity contribution in [2.45, 2.75) is 37.8 Å². The Balaban J connectivity index is 2.08. The second-order valence-electron chi connectivity index (χ2n) is 4.43. The zero-order valence-electron chi connectivity index (χ0n) is 9.88. The lowest BCUT2D eigenvalue weighted by Crippen LogP contribution is -2.37. The third kappa shape index (κ3) is 3.11. The maximum absolute atomic E-state index is 12.9. The molecular formula is C13H17ClFNO. The topological polar surface area (TPSA) is 21.3 Å². The molecule has 4 heteroatoms. The maximum Gasteiger partial charge on any atom is 0.124 e. The molecule has 0 saturated heterocycles. The molecule has 2 atom stereocenters. The molecule has 2 unspecified atom stereocenters. The van der Waals surface area contributed by atoms with E-state index in [0.717, 1.165) is 18.5 Å². The zero-order valence-corrected chi connectivity index (χ0v) is 10.6. The molecule has 0 aromatic heterocycles. The van der Waals surface area contributed by atoms with Crippen LogP contribution in [-0.2, 0) is 4.74 Å². The summed E-state index contributed by atoms with van der Waals surface area (Å²) in [6.07, 6.45) is 4.73. The minimum absolute atomic E-state index is 0.213. The van der Waals surface area contributed by atoms with Crippen molar-refractivity contribution in [3.8, 4) is 0 Å². The molecule has 2 rings (SSSR count). The summed E-state index contributed by atoms with van der Waals surface area (Å²) in [5.41, 5.74) is 0.780. The Morgan fingerprint density at radius 1 is 1.35 bits per heavy atom. The van der Waals surface area contributed by atoms with Gasteiger partial charge in [0.25, 0.3) is 0 Å². The highest BCUT2D eigenvalue weighted by molar-refractivity contribution is 6.33. The summed E-state index contributed by atoms with van der Waals surface area (Å²) in [6, 6.07) is 4.68. The van der Waals surface area contributed by atoms with Crippen molar-refractivity contribution in [3.63, 3.8) is 0 Å². The van der Waals surface area contributed by atoms with Gasteiger partial charge in [0.1, 0.15) is 5.82 Å². The van der Waals surface area contributed by atoms with E-state index in [-0.39, 0.29) is 18.0 Å². The molecule has 1 aromatic rings. The van der Waals surface area contributed by atoms with Gasteiger partial charge in [0.15, 0.2) is 0 Å². The van der Waals surface area contributed by atoms with Crippen molar-refractivity contribution in [3.05, 3.63) is 29.0 Å². The average molecular weight is 258 g/mol. The number of hydrogen-bond donors (Lipinski definition) is 1. The molecule has 1 saturated carbocycles. The summed E-state index contributed by atoms with van der Waals surface area (Å²) >= 11 is 6.00. The first-order valence-electron chi connectivity index (χ1n) is 5.95. The van der Waals surface area contributed by atoms with E-state index in [9.17, 15) is 4.39 Å². The van der Waals surface area contributed by atoms with Crippen LogP contribution >= 0.6 is 11.6 Å². The average Bonchev–Trinajstić information content (AvgIpc) is 2.33. The largest absolute Gasteiger partial charge is 0.379 e. The summed E-state index contributed by atoms with van der Waals surface area (Å²) in [6.45, 7) is 0. The number of nitrogens with one attached hydrogen (secondary N) is 1. The monoisotopic (exact) mass is 257 g/mol. The Morgan fingerprint density at radius 3 is 2.82 bits per heavy atom. The molecule has 0 spiro atoms. The van der Waals surface area contributed by atoms with Gasteiger partial charge in [-0.05, 0) is 31.0 Å². The summed E-state index contributed by atoms with van der Waals surface area (Å²) in [7, 11) is 1.73. The maximum atomic E-state index is 12.9. The van der Waals surface area contributed by atoms with Crippen LogP contribution in [0.15, 0.2) is 18.2 Å². The zero-order chi connectivity index (χ0) is 12.3. The first kappa shape index (κ1) is 12.7. The highest BCUT2D eigenvalue weighted by Gasteiger charge is 2.25. The predicted octanol–water partition coefficient (Wildman–Crippen LogP) is 3.85. The van der Waals surface area contributed by atoms with E-state index in [1.807, 2.05) is 0 Å². The van der Waals surface area contributed by atoms with E-state index in [1.54, 1.807) is 13.2 Å². The number of halogens is 2. The third-order valence-corrected chi connectivity index (χ3v) is 3.59. The van der Waals surface area contributed by atoms with Gasteiger partial charge in [-0.3, -0.25) is 0 Å². The van der Waals surface area contributed by atoms with Crippen molar-refractivity contribution in [1.29, 1.82) is 0 Å². The normalized spacial score (nSPS) is 24.6. The molecule has 0 bridgehead atoms. The molecule has 0 aliphatic heterocycles. The Bertz CT molecular complexity index is 386. The summed E-state index contributed by atoms with van der Waals surface area (Å²) in [5.74, 6) is -0.313. The molecule has 0 heterocycles. The van der Waals surface area contributed by atoms with Crippen LogP contribution in [0.5, 0.6) is 0 Å². The Labute approximate surface area is 106 Å². The van der Waals surface area contributed by atoms with Gasteiger partial charge in [-0.1, -0.05) is 24.4 Å². The van der Waals surface area contributed by atoms with Crippen molar-refractivity contribution in [1.82, 2.24) is 0 Å². The molecule has 2 nitrogen and oxygen atoms in total. The van der Waals surface area contributed by atoms with Crippen molar-refractivity contribution >= 4 is 17.3 Å². The van der Waals surface area contributed by atoms with E-state index in [0.29, 0.717) is 5.02 Å². The van der Waals surface area contributed by atoms with Crippen LogP contribution < -0.4 is 5.32 Å². The van der Waals surface area contributed by atoms with E-state index in [1.165, 1.54) is 25.0 Å². The smallest absolute Gasteiger partial charge is 0.124 e. The summed E-state index contributed by atoms with van der Waals surface area (Å²) in [5, 5.41) is 3.78. The van der Waals surface area contributed by atoms with Crippen LogP contribution in [0, 0.1) is 5.82 Å². The number of rotatable bonds is 3. The molecule has 0 radical (unpaired) electrons. The van der Waals surface area contributed by atoms with Gasteiger partial charge in [0, 0.05) is 7.11 Å². The fraction of sp³-hybridized carbons (Fsp3) is 0.538. The van der Waals surface area contributed by atoms with Gasteiger partial charge in [0.2, 0.25) is 0 Å². The van der Waals surface area contributed by atoms with E-state index < -0.39 is 0 Å². The van der Waals surface area contributed by atoms with E-state index in [2.05, 4.69) is 5.32 Å². The van der Waals surface area contributed by atoms with Crippen molar-refractivity contribution in [2.75, 3.05) is 12.4 Å². The van der Waals surface area contributed by atoms with Crippen LogP contribution in [-0.4, -0.2) is 19.3 Å². The number of benzene rings is 1. The van der Waals surface area contributed by atoms with Gasteiger partial charge in [-0.25, -0.2) is 4.39 Å². The summed E-state index contributed by atoms with van der Waals surface area (Å²) in [4.78, 5) is 0. The molecule has 1 aliphatic carbocycles. The Morgan fingerprint density at radius 2 is 2.12 bits per heavy atom. The molecule has 1 aliphatic rings. The summed E-state index contributed by atoms with van der Waals surface area (Å²) < 4.78 is 18.4. The lowest BCUT2D eigenvalue weighted by Gasteiger charge is -2.32. The number of anilines is 1. The number of hydrogen-bond acceptors (Lipinski definition) is 2. The second-order valence-corrected chi connectivity index (χ2v) is 4.84. The molecular weight excluding hydrogens is 241 g/mol. The third-order valence-electron chi connectivity index (χ3n) is 3.28.